The minimum absolute atomic E-state index is 0.302. The van der Waals surface area contributed by atoms with E-state index in [0.717, 1.165) is 23.3 Å². The number of rotatable bonds is 4. The third kappa shape index (κ3) is 2.37. The molecule has 0 bridgehead atoms. The van der Waals surface area contributed by atoms with Crippen molar-refractivity contribution in [3.63, 3.8) is 0 Å². The molecular weight excluding hydrogens is 312 g/mol. The molecule has 4 rings (SSSR count). The molecule has 6 nitrogen and oxygen atoms in total. The summed E-state index contributed by atoms with van der Waals surface area (Å²) in [6.07, 6.45) is 2.38. The third-order valence-electron chi connectivity index (χ3n) is 4.21. The molecule has 1 unspecified atom stereocenters. The molecule has 0 radical (unpaired) electrons. The average molecular weight is 328 g/mol. The Hall–Kier alpha value is -2.41. The predicted octanol–water partition coefficient (Wildman–Crippen LogP) is 3.01. The van der Waals surface area contributed by atoms with Crippen LogP contribution in [0.2, 0.25) is 0 Å². The Bertz CT molecular complexity index is 857. The highest BCUT2D eigenvalue weighted by molar-refractivity contribution is 7.12. The maximum atomic E-state index is 10.5. The summed E-state index contributed by atoms with van der Waals surface area (Å²) in [6, 6.07) is 8.64. The van der Waals surface area contributed by atoms with E-state index in [1.54, 1.807) is 5.38 Å². The van der Waals surface area contributed by atoms with Gasteiger partial charge in [0.1, 0.15) is 0 Å². The Morgan fingerprint density at radius 3 is 3.04 bits per heavy atom. The molecule has 118 valence electrons. The van der Waals surface area contributed by atoms with Crippen LogP contribution in [0.5, 0.6) is 5.88 Å². The monoisotopic (exact) mass is 328 g/mol. The van der Waals surface area contributed by atoms with Gasteiger partial charge in [0.05, 0.1) is 10.9 Å². The molecule has 1 saturated heterocycles. The van der Waals surface area contributed by atoms with Gasteiger partial charge in [0.2, 0.25) is 11.0 Å². The number of carbonyl (C=O) groups excluding carboxylic acids is 1. The lowest BCUT2D eigenvalue weighted by molar-refractivity contribution is -0.120. The number of hydrogen-bond donors (Lipinski definition) is 0. The number of benzene rings is 1. The molecule has 1 fully saturated rings. The standard InChI is InChI=1S/C16H16N4O2S/c1-11-5-4-8-19(11)15-12-6-2-3-7-13(12)20(18-15)16-17-14(9-23-16)22-10-21/h2-3,6-7,9-11H,4-5,8H2,1H3. The fraction of sp³-hybridized carbons (Fsp3) is 0.312. The maximum absolute atomic E-state index is 10.5. The number of anilines is 1. The van der Waals surface area contributed by atoms with Crippen molar-refractivity contribution in [1.29, 1.82) is 0 Å². The molecule has 1 atom stereocenters. The lowest BCUT2D eigenvalue weighted by Gasteiger charge is -2.21. The summed E-state index contributed by atoms with van der Waals surface area (Å²) in [6.45, 7) is 3.65. The Kier molecular flexibility index (Phi) is 3.49. The van der Waals surface area contributed by atoms with Crippen LogP contribution in [-0.2, 0) is 4.79 Å². The van der Waals surface area contributed by atoms with Gasteiger partial charge in [-0.3, -0.25) is 4.79 Å². The van der Waals surface area contributed by atoms with Gasteiger partial charge in [-0.05, 0) is 31.9 Å². The first-order valence-electron chi connectivity index (χ1n) is 7.58. The van der Waals surface area contributed by atoms with E-state index in [2.05, 4.69) is 22.9 Å². The van der Waals surface area contributed by atoms with Crippen molar-refractivity contribution in [2.24, 2.45) is 0 Å². The van der Waals surface area contributed by atoms with E-state index in [9.17, 15) is 4.79 Å². The van der Waals surface area contributed by atoms with Crippen LogP contribution in [0, 0.1) is 0 Å². The number of ether oxygens (including phenoxy) is 1. The summed E-state index contributed by atoms with van der Waals surface area (Å²) in [4.78, 5) is 17.1. The van der Waals surface area contributed by atoms with Crippen molar-refractivity contribution in [3.05, 3.63) is 29.6 Å². The van der Waals surface area contributed by atoms with Crippen molar-refractivity contribution < 1.29 is 9.53 Å². The molecule has 23 heavy (non-hydrogen) atoms. The fourth-order valence-corrected chi connectivity index (χ4v) is 3.80. The fourth-order valence-electron chi connectivity index (χ4n) is 3.11. The number of para-hydroxylation sites is 1. The quantitative estimate of drug-likeness (QED) is 0.689. The highest BCUT2D eigenvalue weighted by Crippen LogP contribution is 2.33. The first kappa shape index (κ1) is 14.2. The van der Waals surface area contributed by atoms with E-state index >= 15 is 0 Å². The Labute approximate surface area is 137 Å². The molecule has 1 aliphatic heterocycles. The van der Waals surface area contributed by atoms with Crippen molar-refractivity contribution in [2.45, 2.75) is 25.8 Å². The first-order valence-corrected chi connectivity index (χ1v) is 8.46. The lowest BCUT2D eigenvalue weighted by atomic mass is 10.2. The Balaban J connectivity index is 1.84. The smallest absolute Gasteiger partial charge is 0.299 e. The molecule has 0 aliphatic carbocycles. The zero-order chi connectivity index (χ0) is 15.8. The van der Waals surface area contributed by atoms with Crippen LogP contribution in [0.25, 0.3) is 16.0 Å². The highest BCUT2D eigenvalue weighted by Gasteiger charge is 2.26. The van der Waals surface area contributed by atoms with Crippen molar-refractivity contribution in [3.8, 4) is 11.0 Å². The number of nitrogens with zero attached hydrogens (tertiary/aromatic N) is 4. The van der Waals surface area contributed by atoms with E-state index in [0.29, 0.717) is 23.5 Å². The average Bonchev–Trinajstić information content (AvgIpc) is 3.26. The minimum Gasteiger partial charge on any atom is -0.409 e. The van der Waals surface area contributed by atoms with Crippen LogP contribution in [0.4, 0.5) is 5.82 Å². The lowest BCUT2D eigenvalue weighted by Crippen LogP contribution is -2.26. The molecule has 7 heteroatoms. The zero-order valence-corrected chi connectivity index (χ0v) is 13.5. The van der Waals surface area contributed by atoms with Crippen LogP contribution in [0.1, 0.15) is 19.8 Å². The number of carbonyl (C=O) groups is 1. The molecule has 0 saturated carbocycles. The van der Waals surface area contributed by atoms with Crippen LogP contribution in [-0.4, -0.2) is 33.8 Å². The SMILES string of the molecule is CC1CCCN1c1nn(-c2nc(OC=O)cs2)c2ccccc12. The van der Waals surface area contributed by atoms with Gasteiger partial charge in [-0.15, -0.1) is 5.10 Å². The van der Waals surface area contributed by atoms with Crippen LogP contribution >= 0.6 is 11.3 Å². The minimum atomic E-state index is 0.302. The molecule has 0 N–H and O–H groups in total. The number of fused-ring (bicyclic) bond motifs is 1. The number of thiazole rings is 1. The second-order valence-corrected chi connectivity index (χ2v) is 6.46. The molecule has 3 heterocycles. The number of aromatic nitrogens is 3. The Morgan fingerprint density at radius 2 is 2.26 bits per heavy atom. The summed E-state index contributed by atoms with van der Waals surface area (Å²) < 4.78 is 6.64. The van der Waals surface area contributed by atoms with Crippen LogP contribution < -0.4 is 9.64 Å². The normalized spacial score (nSPS) is 17.8. The van der Waals surface area contributed by atoms with Gasteiger partial charge in [0.15, 0.2) is 5.82 Å². The van der Waals surface area contributed by atoms with Crippen LogP contribution in [0.3, 0.4) is 0 Å². The van der Waals surface area contributed by atoms with Crippen molar-refractivity contribution in [1.82, 2.24) is 14.8 Å². The topological polar surface area (TPSA) is 60.3 Å². The van der Waals surface area contributed by atoms with E-state index in [1.807, 2.05) is 22.9 Å². The van der Waals surface area contributed by atoms with Crippen LogP contribution in [0.15, 0.2) is 29.6 Å². The first-order chi connectivity index (χ1) is 11.3. The van der Waals surface area contributed by atoms with Crippen molar-refractivity contribution in [2.75, 3.05) is 11.4 Å². The van der Waals surface area contributed by atoms with E-state index in [1.165, 1.54) is 24.2 Å². The van der Waals surface area contributed by atoms with Gasteiger partial charge in [0.25, 0.3) is 6.47 Å². The number of hydrogen-bond acceptors (Lipinski definition) is 6. The van der Waals surface area contributed by atoms with E-state index in [-0.39, 0.29) is 0 Å². The summed E-state index contributed by atoms with van der Waals surface area (Å²) >= 11 is 1.40. The van der Waals surface area contributed by atoms with Gasteiger partial charge in [-0.25, -0.2) is 4.68 Å². The second-order valence-electron chi connectivity index (χ2n) is 5.62. The third-order valence-corrected chi connectivity index (χ3v) is 5.01. The summed E-state index contributed by atoms with van der Waals surface area (Å²) in [5.41, 5.74) is 1.01. The van der Waals surface area contributed by atoms with Gasteiger partial charge >= 0.3 is 0 Å². The Morgan fingerprint density at radius 1 is 1.39 bits per heavy atom. The second kappa shape index (κ2) is 5.66. The highest BCUT2D eigenvalue weighted by atomic mass is 32.1. The molecular formula is C16H16N4O2S. The molecule has 1 aromatic carbocycles. The van der Waals surface area contributed by atoms with Gasteiger partial charge in [-0.1, -0.05) is 23.5 Å². The molecule has 2 aromatic heterocycles. The van der Waals surface area contributed by atoms with E-state index < -0.39 is 0 Å². The van der Waals surface area contributed by atoms with E-state index in [4.69, 9.17) is 9.84 Å². The predicted molar refractivity (Wildman–Crippen MR) is 89.5 cm³/mol. The maximum Gasteiger partial charge on any atom is 0.299 e. The van der Waals surface area contributed by atoms with Crippen molar-refractivity contribution >= 4 is 34.5 Å². The molecule has 0 spiro atoms. The summed E-state index contributed by atoms with van der Waals surface area (Å²) in [7, 11) is 0. The summed E-state index contributed by atoms with van der Waals surface area (Å²) in [5, 5.41) is 8.33. The van der Waals surface area contributed by atoms with Gasteiger partial charge < -0.3 is 9.64 Å². The van der Waals surface area contributed by atoms with Gasteiger partial charge in [-0.2, -0.15) is 4.98 Å². The van der Waals surface area contributed by atoms with Gasteiger partial charge in [0, 0.05) is 18.0 Å². The molecule has 0 amide bonds. The molecule has 3 aromatic rings. The zero-order valence-electron chi connectivity index (χ0n) is 12.7. The summed E-state index contributed by atoms with van der Waals surface area (Å²) in [5.74, 6) is 1.30. The largest absolute Gasteiger partial charge is 0.409 e. The molecule has 1 aliphatic rings.